The minimum atomic E-state index is -0.547. The van der Waals surface area contributed by atoms with Crippen LogP contribution in [0.25, 0.3) is 22.1 Å². The van der Waals surface area contributed by atoms with E-state index >= 15 is 0 Å². The van der Waals surface area contributed by atoms with Gasteiger partial charge in [0.25, 0.3) is 0 Å². The molecular formula is C15H16N6O3. The Morgan fingerprint density at radius 1 is 0.875 bits per heavy atom. The summed E-state index contributed by atoms with van der Waals surface area (Å²) < 4.78 is 5.43. The molecule has 9 nitrogen and oxygen atoms in total. The summed E-state index contributed by atoms with van der Waals surface area (Å²) in [6.07, 6.45) is 0. The largest absolute Gasteiger partial charge is 0.504 e. The smallest absolute Gasteiger partial charge is 0.205 e. The Morgan fingerprint density at radius 3 is 2.17 bits per heavy atom. The molecular weight excluding hydrogens is 312 g/mol. The number of phenolic OH excluding ortho intramolecular Hbond substituents is 1. The van der Waals surface area contributed by atoms with Crippen LogP contribution in [0, 0.1) is 0 Å². The molecule has 0 amide bonds. The lowest BCUT2D eigenvalue weighted by molar-refractivity contribution is 0.480. The molecule has 0 bridgehead atoms. The molecule has 0 radical (unpaired) electrons. The number of rotatable bonds is 1. The van der Waals surface area contributed by atoms with E-state index in [0.29, 0.717) is 11.3 Å². The maximum Gasteiger partial charge on any atom is 0.205 e. The fourth-order valence-corrected chi connectivity index (χ4v) is 2.50. The third-order valence-corrected chi connectivity index (χ3v) is 3.83. The minimum absolute atomic E-state index is 0.0467. The van der Waals surface area contributed by atoms with Crippen LogP contribution in [0.5, 0.6) is 5.75 Å². The normalized spacial score (nSPS) is 11.0. The molecule has 0 spiro atoms. The van der Waals surface area contributed by atoms with Crippen LogP contribution in [0.2, 0.25) is 0 Å². The number of anilines is 6. The van der Waals surface area contributed by atoms with Gasteiger partial charge in [0.1, 0.15) is 11.4 Å². The van der Waals surface area contributed by atoms with Crippen molar-refractivity contribution in [3.63, 3.8) is 0 Å². The van der Waals surface area contributed by atoms with Gasteiger partial charge in [0.15, 0.2) is 11.3 Å². The monoisotopic (exact) mass is 328 g/mol. The minimum Gasteiger partial charge on any atom is -0.504 e. The van der Waals surface area contributed by atoms with Crippen LogP contribution in [0.3, 0.4) is 0 Å². The molecule has 0 unspecified atom stereocenters. The van der Waals surface area contributed by atoms with Crippen LogP contribution < -0.4 is 39.8 Å². The molecule has 1 heterocycles. The predicted molar refractivity (Wildman–Crippen MR) is 96.1 cm³/mol. The van der Waals surface area contributed by atoms with Crippen molar-refractivity contribution in [2.45, 2.75) is 0 Å². The summed E-state index contributed by atoms with van der Waals surface area (Å²) in [6.45, 7) is 0. The average molecular weight is 328 g/mol. The molecule has 9 heteroatoms. The maximum atomic E-state index is 12.9. The molecule has 0 aliphatic heterocycles. The first kappa shape index (κ1) is 15.2. The average Bonchev–Trinajstić information content (AvgIpc) is 2.53. The molecule has 0 atom stereocenters. The molecule has 0 saturated carbocycles. The number of aromatic hydroxyl groups is 1. The fourth-order valence-electron chi connectivity index (χ4n) is 2.50. The SMILES string of the molecule is Nc1ccc(-c2c(N)oc3c(N)c(O)c(N)c(N)c3c2=O)cc1N. The van der Waals surface area contributed by atoms with Crippen molar-refractivity contribution < 1.29 is 9.52 Å². The van der Waals surface area contributed by atoms with Gasteiger partial charge in [-0.2, -0.15) is 0 Å². The highest BCUT2D eigenvalue weighted by molar-refractivity contribution is 6.07. The number of fused-ring (bicyclic) bond motifs is 1. The molecule has 0 aliphatic rings. The van der Waals surface area contributed by atoms with E-state index < -0.39 is 11.2 Å². The van der Waals surface area contributed by atoms with Gasteiger partial charge in [-0.25, -0.2) is 0 Å². The number of nitrogen functional groups attached to an aromatic ring is 6. The van der Waals surface area contributed by atoms with Gasteiger partial charge in [0.2, 0.25) is 11.3 Å². The quantitative estimate of drug-likeness (QED) is 0.247. The zero-order valence-corrected chi connectivity index (χ0v) is 12.5. The van der Waals surface area contributed by atoms with Crippen molar-refractivity contribution in [2.24, 2.45) is 0 Å². The van der Waals surface area contributed by atoms with Gasteiger partial charge in [-0.15, -0.1) is 0 Å². The third kappa shape index (κ3) is 1.92. The van der Waals surface area contributed by atoms with Crippen molar-refractivity contribution in [1.29, 1.82) is 0 Å². The van der Waals surface area contributed by atoms with E-state index in [4.69, 9.17) is 38.8 Å². The van der Waals surface area contributed by atoms with Crippen molar-refractivity contribution >= 4 is 45.3 Å². The van der Waals surface area contributed by atoms with Gasteiger partial charge in [-0.05, 0) is 17.7 Å². The van der Waals surface area contributed by atoms with E-state index in [1.165, 1.54) is 12.1 Å². The van der Waals surface area contributed by atoms with Gasteiger partial charge in [-0.1, -0.05) is 6.07 Å². The Labute approximate surface area is 135 Å². The highest BCUT2D eigenvalue weighted by Gasteiger charge is 2.22. The molecule has 0 fully saturated rings. The first-order chi connectivity index (χ1) is 11.2. The van der Waals surface area contributed by atoms with Gasteiger partial charge in [0.05, 0.1) is 28.0 Å². The van der Waals surface area contributed by atoms with Crippen LogP contribution >= 0.6 is 0 Å². The zero-order chi connectivity index (χ0) is 17.8. The van der Waals surface area contributed by atoms with Crippen LogP contribution in [0.1, 0.15) is 0 Å². The van der Waals surface area contributed by atoms with E-state index in [1.807, 2.05) is 0 Å². The van der Waals surface area contributed by atoms with E-state index in [0.717, 1.165) is 0 Å². The first-order valence-electron chi connectivity index (χ1n) is 6.81. The Bertz CT molecular complexity index is 1060. The van der Waals surface area contributed by atoms with Crippen molar-refractivity contribution in [2.75, 3.05) is 34.4 Å². The summed E-state index contributed by atoms with van der Waals surface area (Å²) in [5, 5.41) is 9.79. The lowest BCUT2D eigenvalue weighted by atomic mass is 10.0. The second-order valence-electron chi connectivity index (χ2n) is 5.31. The van der Waals surface area contributed by atoms with Gasteiger partial charge in [-0.3, -0.25) is 4.79 Å². The maximum absolute atomic E-state index is 12.9. The topological polar surface area (TPSA) is 207 Å². The lowest BCUT2D eigenvalue weighted by Crippen LogP contribution is -2.13. The molecule has 0 aliphatic carbocycles. The van der Waals surface area contributed by atoms with E-state index in [-0.39, 0.29) is 45.2 Å². The fraction of sp³-hybridized carbons (Fsp3) is 0. The Hall–Kier alpha value is -3.75. The van der Waals surface area contributed by atoms with Crippen LogP contribution in [-0.4, -0.2) is 5.11 Å². The van der Waals surface area contributed by atoms with Crippen LogP contribution in [0.4, 0.5) is 34.3 Å². The van der Waals surface area contributed by atoms with Gasteiger partial charge < -0.3 is 43.9 Å². The summed E-state index contributed by atoms with van der Waals surface area (Å²) in [5.74, 6) is -0.668. The standard InChI is InChI=1S/C15H16N6O3/c16-5-2-1-4(3-6(5)17)7-12(22)8-9(18)10(19)13(23)11(20)14(8)24-15(7)21/h1-3,23H,16-21H2. The number of hydrogen-bond donors (Lipinski definition) is 7. The second kappa shape index (κ2) is 4.88. The lowest BCUT2D eigenvalue weighted by Gasteiger charge is -2.13. The first-order valence-corrected chi connectivity index (χ1v) is 6.81. The number of phenols is 1. The van der Waals surface area contributed by atoms with Gasteiger partial charge >= 0.3 is 0 Å². The van der Waals surface area contributed by atoms with E-state index in [9.17, 15) is 9.90 Å². The number of nitrogens with two attached hydrogens (primary N) is 6. The number of benzene rings is 2. The second-order valence-corrected chi connectivity index (χ2v) is 5.31. The Balaban J connectivity index is 2.48. The Morgan fingerprint density at radius 2 is 1.54 bits per heavy atom. The van der Waals surface area contributed by atoms with E-state index in [2.05, 4.69) is 0 Å². The van der Waals surface area contributed by atoms with Crippen molar-refractivity contribution in [1.82, 2.24) is 0 Å². The van der Waals surface area contributed by atoms with Gasteiger partial charge in [0, 0.05) is 0 Å². The zero-order valence-electron chi connectivity index (χ0n) is 12.5. The highest BCUT2D eigenvalue weighted by Crippen LogP contribution is 2.42. The highest BCUT2D eigenvalue weighted by atomic mass is 16.3. The number of hydrogen-bond acceptors (Lipinski definition) is 9. The molecule has 124 valence electrons. The predicted octanol–water partition coefficient (Wildman–Crippen LogP) is 0.659. The molecule has 3 rings (SSSR count). The molecule has 13 N–H and O–H groups in total. The third-order valence-electron chi connectivity index (χ3n) is 3.83. The summed E-state index contributed by atoms with van der Waals surface area (Å²) in [7, 11) is 0. The Kier molecular flexibility index (Phi) is 3.08. The van der Waals surface area contributed by atoms with E-state index in [1.54, 1.807) is 6.07 Å². The molecule has 24 heavy (non-hydrogen) atoms. The molecule has 2 aromatic carbocycles. The molecule has 3 aromatic rings. The van der Waals surface area contributed by atoms with Crippen molar-refractivity contribution in [3.8, 4) is 16.9 Å². The summed E-state index contributed by atoms with van der Waals surface area (Å²) >= 11 is 0. The summed E-state index contributed by atoms with van der Waals surface area (Å²) in [5.41, 5.74) is 34.4. The summed E-state index contributed by atoms with van der Waals surface area (Å²) in [6, 6.07) is 4.60. The molecule has 0 saturated heterocycles. The van der Waals surface area contributed by atoms with Crippen LogP contribution in [-0.2, 0) is 0 Å². The van der Waals surface area contributed by atoms with Crippen molar-refractivity contribution in [3.05, 3.63) is 28.4 Å². The van der Waals surface area contributed by atoms with Crippen LogP contribution in [0.15, 0.2) is 27.4 Å². The summed E-state index contributed by atoms with van der Waals surface area (Å²) in [4.78, 5) is 12.9. The molecule has 1 aromatic heterocycles.